The van der Waals surface area contributed by atoms with Crippen LogP contribution in [0.3, 0.4) is 0 Å². The van der Waals surface area contributed by atoms with Gasteiger partial charge in [-0.3, -0.25) is 9.59 Å². The lowest BCUT2D eigenvalue weighted by Gasteiger charge is -2.30. The second-order valence-corrected chi connectivity index (χ2v) is 7.58. The van der Waals surface area contributed by atoms with Gasteiger partial charge in [0.15, 0.2) is 5.76 Å². The molecule has 0 saturated carbocycles. The van der Waals surface area contributed by atoms with Crippen molar-refractivity contribution < 1.29 is 18.4 Å². The number of piperidine rings is 1. The molecule has 0 spiro atoms. The molecule has 0 bridgehead atoms. The Bertz CT molecular complexity index is 758. The van der Waals surface area contributed by atoms with E-state index in [9.17, 15) is 14.0 Å². The standard InChI is InChI=1S/C20H23FN2O3S/c21-17-5-2-1-4-16(17)14-27-13-9-22-19(24)15-7-10-23(11-8-15)20(25)18-6-3-12-26-18/h1-6,12,15H,7-11,13-14H2,(H,22,24). The van der Waals surface area contributed by atoms with Crippen LogP contribution in [-0.4, -0.2) is 42.1 Å². The summed E-state index contributed by atoms with van der Waals surface area (Å²) in [7, 11) is 0. The number of furan rings is 1. The van der Waals surface area contributed by atoms with E-state index in [1.165, 1.54) is 12.3 Å². The van der Waals surface area contributed by atoms with Gasteiger partial charge >= 0.3 is 0 Å². The fraction of sp³-hybridized carbons (Fsp3) is 0.400. The maximum Gasteiger partial charge on any atom is 0.289 e. The number of carbonyl (C=O) groups excluding carboxylic acids is 2. The predicted octanol–water partition coefficient (Wildman–Crippen LogP) is 3.32. The van der Waals surface area contributed by atoms with Crippen LogP contribution in [0.4, 0.5) is 4.39 Å². The van der Waals surface area contributed by atoms with Gasteiger partial charge in [-0.25, -0.2) is 4.39 Å². The highest BCUT2D eigenvalue weighted by molar-refractivity contribution is 7.98. The molecule has 1 aliphatic heterocycles. The third kappa shape index (κ3) is 5.35. The molecule has 0 aliphatic carbocycles. The molecule has 1 aromatic carbocycles. The molecule has 1 N–H and O–H groups in total. The van der Waals surface area contributed by atoms with Gasteiger partial charge in [0.2, 0.25) is 5.91 Å². The van der Waals surface area contributed by atoms with E-state index in [2.05, 4.69) is 5.32 Å². The van der Waals surface area contributed by atoms with Crippen LogP contribution in [-0.2, 0) is 10.5 Å². The third-order valence-corrected chi connectivity index (χ3v) is 5.65. The van der Waals surface area contributed by atoms with E-state index in [1.54, 1.807) is 40.9 Å². The van der Waals surface area contributed by atoms with Gasteiger partial charge in [-0.15, -0.1) is 0 Å². The monoisotopic (exact) mass is 390 g/mol. The van der Waals surface area contributed by atoms with Crippen molar-refractivity contribution in [3.05, 3.63) is 59.8 Å². The summed E-state index contributed by atoms with van der Waals surface area (Å²) in [5, 5.41) is 2.95. The van der Waals surface area contributed by atoms with Crippen LogP contribution in [0.25, 0.3) is 0 Å². The maximum atomic E-state index is 13.5. The molecule has 27 heavy (non-hydrogen) atoms. The Morgan fingerprint density at radius 3 is 2.67 bits per heavy atom. The van der Waals surface area contributed by atoms with Crippen molar-refractivity contribution in [1.29, 1.82) is 0 Å². The Labute approximate surface area is 162 Å². The maximum absolute atomic E-state index is 13.5. The van der Waals surface area contributed by atoms with Gasteiger partial charge in [-0.1, -0.05) is 18.2 Å². The molecular weight excluding hydrogens is 367 g/mol. The van der Waals surface area contributed by atoms with Crippen LogP contribution in [0.5, 0.6) is 0 Å². The number of likely N-dealkylation sites (tertiary alicyclic amines) is 1. The summed E-state index contributed by atoms with van der Waals surface area (Å²) in [4.78, 5) is 26.2. The second-order valence-electron chi connectivity index (χ2n) is 6.48. The molecule has 144 valence electrons. The number of nitrogens with one attached hydrogen (secondary N) is 1. The highest BCUT2D eigenvalue weighted by atomic mass is 32.2. The van der Waals surface area contributed by atoms with Gasteiger partial charge < -0.3 is 14.6 Å². The van der Waals surface area contributed by atoms with E-state index in [0.717, 1.165) is 5.75 Å². The lowest BCUT2D eigenvalue weighted by atomic mass is 9.96. The van der Waals surface area contributed by atoms with E-state index in [4.69, 9.17) is 4.42 Å². The number of halogens is 1. The molecule has 2 aromatic rings. The third-order valence-electron chi connectivity index (χ3n) is 4.65. The summed E-state index contributed by atoms with van der Waals surface area (Å²) in [6.07, 6.45) is 2.79. The molecule has 7 heteroatoms. The highest BCUT2D eigenvalue weighted by Gasteiger charge is 2.28. The average Bonchev–Trinajstić information content (AvgIpc) is 3.23. The van der Waals surface area contributed by atoms with Crippen LogP contribution >= 0.6 is 11.8 Å². The molecule has 1 saturated heterocycles. The molecule has 0 radical (unpaired) electrons. The number of hydrogen-bond donors (Lipinski definition) is 1. The quantitative estimate of drug-likeness (QED) is 0.737. The highest BCUT2D eigenvalue weighted by Crippen LogP contribution is 2.20. The van der Waals surface area contributed by atoms with Gasteiger partial charge in [0.05, 0.1) is 6.26 Å². The second kappa shape index (κ2) is 9.60. The fourth-order valence-corrected chi connectivity index (χ4v) is 3.93. The van der Waals surface area contributed by atoms with Crippen molar-refractivity contribution >= 4 is 23.6 Å². The van der Waals surface area contributed by atoms with E-state index < -0.39 is 0 Å². The summed E-state index contributed by atoms with van der Waals surface area (Å²) < 4.78 is 18.7. The first kappa shape index (κ1) is 19.5. The van der Waals surface area contributed by atoms with Crippen LogP contribution in [0.1, 0.15) is 29.0 Å². The SMILES string of the molecule is O=C(NCCSCc1ccccc1F)C1CCN(C(=O)c2ccco2)CC1. The molecular formula is C20H23FN2O3S. The van der Waals surface area contributed by atoms with Crippen LogP contribution in [0.2, 0.25) is 0 Å². The number of thioether (sulfide) groups is 1. The minimum Gasteiger partial charge on any atom is -0.459 e. The van der Waals surface area contributed by atoms with Crippen molar-refractivity contribution in [1.82, 2.24) is 10.2 Å². The van der Waals surface area contributed by atoms with Crippen LogP contribution in [0.15, 0.2) is 47.1 Å². The normalized spacial score (nSPS) is 14.9. The molecule has 1 aliphatic rings. The Hall–Kier alpha value is -2.28. The van der Waals surface area contributed by atoms with E-state index in [-0.39, 0.29) is 23.5 Å². The Morgan fingerprint density at radius 1 is 1.19 bits per heavy atom. The lowest BCUT2D eigenvalue weighted by Crippen LogP contribution is -2.43. The number of rotatable bonds is 7. The molecule has 5 nitrogen and oxygen atoms in total. The minimum absolute atomic E-state index is 0.0339. The summed E-state index contributed by atoms with van der Waals surface area (Å²) in [6.45, 7) is 1.67. The molecule has 1 aromatic heterocycles. The van der Waals surface area contributed by atoms with Crippen molar-refractivity contribution in [2.24, 2.45) is 5.92 Å². The number of hydrogen-bond acceptors (Lipinski definition) is 4. The number of carbonyl (C=O) groups is 2. The Morgan fingerprint density at radius 2 is 1.96 bits per heavy atom. The van der Waals surface area contributed by atoms with Crippen molar-refractivity contribution in [3.8, 4) is 0 Å². The number of amides is 2. The molecule has 2 heterocycles. The van der Waals surface area contributed by atoms with E-state index in [0.29, 0.717) is 49.6 Å². The first-order chi connectivity index (χ1) is 13.1. The Kier molecular flexibility index (Phi) is 6.92. The van der Waals surface area contributed by atoms with Crippen molar-refractivity contribution in [2.75, 3.05) is 25.4 Å². The Balaban J connectivity index is 1.33. The largest absolute Gasteiger partial charge is 0.459 e. The van der Waals surface area contributed by atoms with Gasteiger partial charge in [-0.05, 0) is 36.6 Å². The topological polar surface area (TPSA) is 62.6 Å². The molecule has 1 fully saturated rings. The van der Waals surface area contributed by atoms with E-state index >= 15 is 0 Å². The summed E-state index contributed by atoms with van der Waals surface area (Å²) >= 11 is 1.59. The first-order valence-corrected chi connectivity index (χ1v) is 10.2. The van der Waals surface area contributed by atoms with Crippen molar-refractivity contribution in [2.45, 2.75) is 18.6 Å². The lowest BCUT2D eigenvalue weighted by molar-refractivity contribution is -0.126. The summed E-state index contributed by atoms with van der Waals surface area (Å²) in [6, 6.07) is 10.1. The molecule has 0 unspecified atom stereocenters. The molecule has 3 rings (SSSR count). The fourth-order valence-electron chi connectivity index (χ4n) is 3.09. The minimum atomic E-state index is -0.190. The van der Waals surface area contributed by atoms with Gasteiger partial charge in [-0.2, -0.15) is 11.8 Å². The average molecular weight is 390 g/mol. The van der Waals surface area contributed by atoms with Gasteiger partial charge in [0.1, 0.15) is 5.82 Å². The van der Waals surface area contributed by atoms with Crippen LogP contribution < -0.4 is 5.32 Å². The van der Waals surface area contributed by atoms with Gasteiger partial charge in [0.25, 0.3) is 5.91 Å². The zero-order chi connectivity index (χ0) is 19.1. The zero-order valence-corrected chi connectivity index (χ0v) is 15.8. The number of benzene rings is 1. The van der Waals surface area contributed by atoms with Crippen LogP contribution in [0, 0.1) is 11.7 Å². The number of nitrogens with zero attached hydrogens (tertiary/aromatic N) is 1. The predicted molar refractivity (Wildman–Crippen MR) is 103 cm³/mol. The zero-order valence-electron chi connectivity index (χ0n) is 15.0. The summed E-state index contributed by atoms with van der Waals surface area (Å²) in [5.41, 5.74) is 0.683. The molecule has 0 atom stereocenters. The summed E-state index contributed by atoms with van der Waals surface area (Å²) in [5.74, 6) is 1.32. The molecule has 2 amide bonds. The van der Waals surface area contributed by atoms with Crippen molar-refractivity contribution in [3.63, 3.8) is 0 Å². The first-order valence-electron chi connectivity index (χ1n) is 9.07. The van der Waals surface area contributed by atoms with Gasteiger partial charge in [0, 0.05) is 37.1 Å². The smallest absolute Gasteiger partial charge is 0.289 e. The van der Waals surface area contributed by atoms with E-state index in [1.807, 2.05) is 6.07 Å².